The van der Waals surface area contributed by atoms with Crippen molar-refractivity contribution in [1.82, 2.24) is 9.80 Å². The Morgan fingerprint density at radius 1 is 0.382 bits per heavy atom. The van der Waals surface area contributed by atoms with Crippen molar-refractivity contribution in [3.63, 3.8) is 0 Å². The fourth-order valence-electron chi connectivity index (χ4n) is 6.98. The van der Waals surface area contributed by atoms with E-state index < -0.39 is 0 Å². The van der Waals surface area contributed by atoms with Gasteiger partial charge in [0.1, 0.15) is 23.0 Å². The van der Waals surface area contributed by atoms with Crippen molar-refractivity contribution < 1.29 is 34.6 Å². The summed E-state index contributed by atoms with van der Waals surface area (Å²) in [6.45, 7) is 26.5. The van der Waals surface area contributed by atoms with Crippen LogP contribution in [-0.4, -0.2) is 83.0 Å². The van der Waals surface area contributed by atoms with Crippen molar-refractivity contribution in [1.29, 1.82) is 0 Å². The molecule has 0 amide bonds. The predicted molar refractivity (Wildman–Crippen MR) is 222 cm³/mol. The predicted octanol–water partition coefficient (Wildman–Crippen LogP) is 8.76. The first-order valence-electron chi connectivity index (χ1n) is 19.5. The number of phenolic OH excluding ortho intramolecular Hbond substituents is 4. The quantitative estimate of drug-likeness (QED) is 0.0697. The summed E-state index contributed by atoms with van der Waals surface area (Å²) in [5.41, 5.74) is 11.1. The largest absolute Gasteiger partial charge is 0.507 e. The van der Waals surface area contributed by atoms with Crippen molar-refractivity contribution >= 4 is 0 Å². The number of phenols is 4. The first kappa shape index (κ1) is 45.3. The monoisotopic (exact) mass is 758 g/mol. The molecule has 0 radical (unpaired) electrons. The lowest BCUT2D eigenvalue weighted by Gasteiger charge is -2.25. The third-order valence-electron chi connectivity index (χ3n) is 9.55. The average Bonchev–Trinajstić information content (AvgIpc) is 3.11. The molecule has 4 aromatic rings. The van der Waals surface area contributed by atoms with Gasteiger partial charge in [-0.05, 0) is 91.5 Å². The lowest BCUT2D eigenvalue weighted by Crippen LogP contribution is -2.28. The average molecular weight is 759 g/mol. The van der Waals surface area contributed by atoms with Gasteiger partial charge in [-0.1, -0.05) is 70.8 Å². The molecule has 4 rings (SSSR count). The summed E-state index contributed by atoms with van der Waals surface area (Å²) in [6.07, 6.45) is 0. The summed E-state index contributed by atoms with van der Waals surface area (Å²) in [4.78, 5) is 4.37. The van der Waals surface area contributed by atoms with Gasteiger partial charge in [-0.3, -0.25) is 9.80 Å². The highest BCUT2D eigenvalue weighted by Crippen LogP contribution is 2.30. The van der Waals surface area contributed by atoms with Crippen molar-refractivity contribution in [2.24, 2.45) is 0 Å². The van der Waals surface area contributed by atoms with Gasteiger partial charge < -0.3 is 34.6 Å². The van der Waals surface area contributed by atoms with E-state index in [1.165, 1.54) is 0 Å². The summed E-state index contributed by atoms with van der Waals surface area (Å²) in [5.74, 6) is 1.20. The van der Waals surface area contributed by atoms with E-state index in [0.29, 0.717) is 88.7 Å². The number of rotatable bonds is 19. The molecule has 0 saturated heterocycles. The fraction of sp³-hybridized carbons (Fsp3) is 0.478. The molecule has 4 aromatic carbocycles. The highest BCUT2D eigenvalue weighted by atomic mass is 16.5. The number of aryl methyl sites for hydroxylation is 8. The van der Waals surface area contributed by atoms with Crippen LogP contribution in [-0.2, 0) is 40.4 Å². The topological polar surface area (TPSA) is 115 Å². The zero-order chi connectivity index (χ0) is 40.7. The van der Waals surface area contributed by atoms with Crippen LogP contribution in [0.1, 0.15) is 80.6 Å². The molecule has 4 N–H and O–H groups in total. The van der Waals surface area contributed by atoms with Gasteiger partial charge in [0.2, 0.25) is 0 Å². The standard InChI is InChI=1S/C42H56N2O6.C4H10O/c1-27-15-31(5)39(45)35(19-27)23-43(24-36-20-28(2)16-32(6)40(36)46)9-11-49-13-14-50-12-10-44(25-37-21-29(3)17-33(7)41(37)47)26-38-22-30(4)18-34(8)42(38)48;1-3-5-4-2/h15-22,45-48H,9-14,23-26H2,1-8H3;3-4H2,1-2H3. The van der Waals surface area contributed by atoms with Gasteiger partial charge in [0.25, 0.3) is 0 Å². The van der Waals surface area contributed by atoms with Gasteiger partial charge >= 0.3 is 0 Å². The van der Waals surface area contributed by atoms with E-state index >= 15 is 0 Å². The SMILES string of the molecule is CCOCC.Cc1cc(C)c(O)c(CN(CCOCCOCCN(Cc2cc(C)cc(C)c2O)Cc2cc(C)cc(C)c2O)Cc2cc(C)cc(C)c2O)c1. The number of hydrogen-bond donors (Lipinski definition) is 4. The second-order valence-corrected chi connectivity index (χ2v) is 14.8. The van der Waals surface area contributed by atoms with Crippen LogP contribution in [0.4, 0.5) is 0 Å². The molecule has 9 nitrogen and oxygen atoms in total. The lowest BCUT2D eigenvalue weighted by molar-refractivity contribution is 0.0281. The molecule has 0 fully saturated rings. The number of hydrogen-bond acceptors (Lipinski definition) is 9. The molecule has 0 aliphatic heterocycles. The number of ether oxygens (including phenoxy) is 3. The minimum absolute atomic E-state index is 0.300. The third-order valence-corrected chi connectivity index (χ3v) is 9.55. The second-order valence-electron chi connectivity index (χ2n) is 14.8. The van der Waals surface area contributed by atoms with Crippen LogP contribution in [0.3, 0.4) is 0 Å². The Morgan fingerprint density at radius 3 is 0.855 bits per heavy atom. The van der Waals surface area contributed by atoms with Gasteiger partial charge in [0.05, 0.1) is 26.4 Å². The Labute approximate surface area is 330 Å². The summed E-state index contributed by atoms with van der Waals surface area (Å²) in [5, 5.41) is 43.2. The zero-order valence-electron chi connectivity index (χ0n) is 35.0. The highest BCUT2D eigenvalue weighted by Gasteiger charge is 2.17. The maximum Gasteiger partial charge on any atom is 0.122 e. The van der Waals surface area contributed by atoms with E-state index in [1.54, 1.807) is 0 Å². The normalized spacial score (nSPS) is 11.3. The van der Waals surface area contributed by atoms with Gasteiger partial charge in [-0.2, -0.15) is 0 Å². The van der Waals surface area contributed by atoms with Crippen LogP contribution in [0.15, 0.2) is 48.5 Å². The molecule has 0 atom stereocenters. The number of benzene rings is 4. The Morgan fingerprint density at radius 2 is 0.636 bits per heavy atom. The Balaban J connectivity index is 0.00000152. The highest BCUT2D eigenvalue weighted by molar-refractivity contribution is 5.46. The molecular formula is C46H66N2O7. The van der Waals surface area contributed by atoms with Crippen LogP contribution in [0.25, 0.3) is 0 Å². The molecule has 0 aliphatic carbocycles. The summed E-state index contributed by atoms with van der Waals surface area (Å²) < 4.78 is 16.8. The Bertz CT molecular complexity index is 1570. The van der Waals surface area contributed by atoms with Crippen LogP contribution in [0, 0.1) is 55.4 Å². The van der Waals surface area contributed by atoms with Gasteiger partial charge in [-0.15, -0.1) is 0 Å². The molecule has 0 aromatic heterocycles. The molecule has 55 heavy (non-hydrogen) atoms. The smallest absolute Gasteiger partial charge is 0.122 e. The number of nitrogens with zero attached hydrogens (tertiary/aromatic N) is 2. The zero-order valence-corrected chi connectivity index (χ0v) is 35.0. The molecule has 9 heteroatoms. The molecule has 0 aliphatic rings. The number of aromatic hydroxyl groups is 4. The van der Waals surface area contributed by atoms with Crippen LogP contribution < -0.4 is 0 Å². The molecule has 0 heterocycles. The summed E-state index contributed by atoms with van der Waals surface area (Å²) in [7, 11) is 0. The molecule has 0 spiro atoms. The van der Waals surface area contributed by atoms with Gasteiger partial charge in [0, 0.05) is 74.7 Å². The van der Waals surface area contributed by atoms with Crippen LogP contribution >= 0.6 is 0 Å². The van der Waals surface area contributed by atoms with Crippen LogP contribution in [0.5, 0.6) is 23.0 Å². The maximum absolute atomic E-state index is 10.8. The van der Waals surface area contributed by atoms with E-state index in [-0.39, 0.29) is 0 Å². The minimum Gasteiger partial charge on any atom is -0.507 e. The van der Waals surface area contributed by atoms with E-state index in [0.717, 1.165) is 80.0 Å². The summed E-state index contributed by atoms with van der Waals surface area (Å²) >= 11 is 0. The van der Waals surface area contributed by atoms with Crippen molar-refractivity contribution in [3.05, 3.63) is 115 Å². The molecule has 0 bridgehead atoms. The lowest BCUT2D eigenvalue weighted by atomic mass is 10.0. The fourth-order valence-corrected chi connectivity index (χ4v) is 6.98. The molecule has 0 saturated carbocycles. The van der Waals surface area contributed by atoms with Crippen molar-refractivity contribution in [2.75, 3.05) is 52.7 Å². The molecular weight excluding hydrogens is 693 g/mol. The Kier molecular flexibility index (Phi) is 18.5. The van der Waals surface area contributed by atoms with E-state index in [4.69, 9.17) is 14.2 Å². The van der Waals surface area contributed by atoms with E-state index in [2.05, 4.69) is 9.80 Å². The van der Waals surface area contributed by atoms with Crippen molar-refractivity contribution in [2.45, 2.75) is 95.4 Å². The first-order valence-corrected chi connectivity index (χ1v) is 19.5. The molecule has 302 valence electrons. The second kappa shape index (κ2) is 22.4. The van der Waals surface area contributed by atoms with Gasteiger partial charge in [0.15, 0.2) is 0 Å². The van der Waals surface area contributed by atoms with E-state index in [9.17, 15) is 20.4 Å². The minimum atomic E-state index is 0.300. The van der Waals surface area contributed by atoms with Crippen molar-refractivity contribution in [3.8, 4) is 23.0 Å². The maximum atomic E-state index is 10.8. The van der Waals surface area contributed by atoms with Crippen LogP contribution in [0.2, 0.25) is 0 Å². The Hall–Kier alpha value is -4.12. The first-order chi connectivity index (χ1) is 26.1. The summed E-state index contributed by atoms with van der Waals surface area (Å²) in [6, 6.07) is 15.9. The van der Waals surface area contributed by atoms with E-state index in [1.807, 2.05) is 118 Å². The van der Waals surface area contributed by atoms with Gasteiger partial charge in [-0.25, -0.2) is 0 Å². The third kappa shape index (κ3) is 14.5. The molecule has 0 unspecified atom stereocenters.